The Morgan fingerprint density at radius 2 is 0.696 bits per heavy atom. The lowest BCUT2D eigenvalue weighted by Crippen LogP contribution is -2.45. The van der Waals surface area contributed by atoms with Crippen molar-refractivity contribution in [3.05, 3.63) is 24.3 Å². The summed E-state index contributed by atoms with van der Waals surface area (Å²) in [4.78, 5) is 24.5. The number of ether oxygens (including phenoxy) is 1. The summed E-state index contributed by atoms with van der Waals surface area (Å²) in [5.74, 6) is -0.0581. The maximum atomic E-state index is 12.5. The third-order valence-electron chi connectivity index (χ3n) is 14.5. The van der Waals surface area contributed by atoms with Gasteiger partial charge < -0.3 is 20.3 Å². The number of carbonyl (C=O) groups excluding carboxylic acids is 2. The van der Waals surface area contributed by atoms with E-state index in [0.29, 0.717) is 19.4 Å². The maximum Gasteiger partial charge on any atom is 0.305 e. The highest BCUT2D eigenvalue weighted by Gasteiger charge is 2.18. The predicted molar refractivity (Wildman–Crippen MR) is 301 cm³/mol. The largest absolute Gasteiger partial charge is 0.466 e. The average molecular weight is 973 g/mol. The highest BCUT2D eigenvalue weighted by molar-refractivity contribution is 5.76. The van der Waals surface area contributed by atoms with Crippen molar-refractivity contribution in [1.82, 2.24) is 5.32 Å². The number of amides is 1. The number of rotatable bonds is 58. The Morgan fingerprint density at radius 1 is 0.391 bits per heavy atom. The molecule has 0 rings (SSSR count). The molecule has 1 amide bonds. The number of unbranched alkanes of at least 4 members (excludes halogenated alkanes) is 45. The van der Waals surface area contributed by atoms with E-state index in [0.717, 1.165) is 44.9 Å². The summed E-state index contributed by atoms with van der Waals surface area (Å²) in [6.45, 7) is 4.88. The molecule has 0 spiro atoms. The van der Waals surface area contributed by atoms with Crippen molar-refractivity contribution in [3.63, 3.8) is 0 Å². The number of hydrogen-bond acceptors (Lipinski definition) is 5. The van der Waals surface area contributed by atoms with Crippen LogP contribution in [0.15, 0.2) is 24.3 Å². The molecular formula is C63H121NO5. The van der Waals surface area contributed by atoms with Gasteiger partial charge in [0.25, 0.3) is 0 Å². The third-order valence-corrected chi connectivity index (χ3v) is 14.5. The molecule has 408 valence electrons. The second-order valence-corrected chi connectivity index (χ2v) is 21.4. The molecule has 0 aliphatic carbocycles. The zero-order valence-electron chi connectivity index (χ0n) is 46.6. The normalized spacial score (nSPS) is 12.7. The van der Waals surface area contributed by atoms with Gasteiger partial charge in [0, 0.05) is 12.8 Å². The topological polar surface area (TPSA) is 95.9 Å². The molecule has 0 bridgehead atoms. The number of aliphatic hydroxyl groups is 2. The molecule has 2 atom stereocenters. The lowest BCUT2D eigenvalue weighted by molar-refractivity contribution is -0.143. The number of carbonyl (C=O) groups is 2. The van der Waals surface area contributed by atoms with E-state index in [2.05, 4.69) is 31.3 Å². The Morgan fingerprint density at radius 3 is 1.07 bits per heavy atom. The molecule has 0 aliphatic rings. The van der Waals surface area contributed by atoms with Gasteiger partial charge >= 0.3 is 5.97 Å². The van der Waals surface area contributed by atoms with Gasteiger partial charge in [0.2, 0.25) is 5.91 Å². The summed E-state index contributed by atoms with van der Waals surface area (Å²) >= 11 is 0. The maximum absolute atomic E-state index is 12.5. The Labute approximate surface area is 431 Å². The monoisotopic (exact) mass is 972 g/mol. The molecule has 0 aromatic carbocycles. The zero-order chi connectivity index (χ0) is 50.0. The molecule has 6 nitrogen and oxygen atoms in total. The Hall–Kier alpha value is -1.66. The highest BCUT2D eigenvalue weighted by Crippen LogP contribution is 2.18. The first-order valence-electron chi connectivity index (χ1n) is 31.1. The molecular weight excluding hydrogens is 851 g/mol. The molecule has 69 heavy (non-hydrogen) atoms. The van der Waals surface area contributed by atoms with Crippen LogP contribution < -0.4 is 5.32 Å². The van der Waals surface area contributed by atoms with Gasteiger partial charge in [-0.15, -0.1) is 0 Å². The van der Waals surface area contributed by atoms with Gasteiger partial charge in [-0.05, 0) is 51.4 Å². The SMILES string of the molecule is CCCC/C=C\CCCCCCCC(=O)OCCCCCCCCCCCCCCCCCCCCCCCCCCCCC(=O)NC(CO)C(O)/C=C/CCCCCCCCCCCCCCC. The van der Waals surface area contributed by atoms with Crippen LogP contribution in [0, 0.1) is 0 Å². The molecule has 0 aromatic heterocycles. The standard InChI is InChI=1S/C63H121NO5/c1-3-5-7-9-11-13-15-16-29-32-36-39-43-47-51-55-61(66)60(59-65)64-62(67)56-52-48-44-40-37-33-30-27-25-23-21-19-17-18-20-22-24-26-28-31-34-38-42-46-50-54-58-69-63(68)57-53-49-45-41-35-14-12-10-8-6-4-2/h10,12,51,55,60-61,65-66H,3-9,11,13-50,52-54,56-59H2,1-2H3,(H,64,67)/b12-10-,55-51+. The molecule has 0 saturated heterocycles. The van der Waals surface area contributed by atoms with Gasteiger partial charge in [-0.2, -0.15) is 0 Å². The second kappa shape index (κ2) is 58.9. The van der Waals surface area contributed by atoms with E-state index < -0.39 is 12.1 Å². The van der Waals surface area contributed by atoms with Gasteiger partial charge in [0.05, 0.1) is 25.4 Å². The minimum absolute atomic E-state index is 0.00588. The first-order chi connectivity index (χ1) is 34.0. The molecule has 6 heteroatoms. The first kappa shape index (κ1) is 67.3. The van der Waals surface area contributed by atoms with Crippen molar-refractivity contribution in [3.8, 4) is 0 Å². The molecule has 0 heterocycles. The fourth-order valence-corrected chi connectivity index (χ4v) is 9.68. The minimum atomic E-state index is -0.842. The fourth-order valence-electron chi connectivity index (χ4n) is 9.68. The summed E-state index contributed by atoms with van der Waals surface area (Å²) in [5.41, 5.74) is 0. The van der Waals surface area contributed by atoms with Crippen LogP contribution in [0.3, 0.4) is 0 Å². The average Bonchev–Trinajstić information content (AvgIpc) is 3.35. The zero-order valence-corrected chi connectivity index (χ0v) is 46.6. The molecule has 2 unspecified atom stereocenters. The van der Waals surface area contributed by atoms with Crippen LogP contribution in [0.25, 0.3) is 0 Å². The lowest BCUT2D eigenvalue weighted by Gasteiger charge is -2.20. The molecule has 3 N–H and O–H groups in total. The molecule has 0 radical (unpaired) electrons. The number of aliphatic hydroxyl groups excluding tert-OH is 2. The van der Waals surface area contributed by atoms with Crippen molar-refractivity contribution < 1.29 is 24.5 Å². The highest BCUT2D eigenvalue weighted by atomic mass is 16.5. The van der Waals surface area contributed by atoms with Gasteiger partial charge in [-0.3, -0.25) is 9.59 Å². The molecule has 0 fully saturated rings. The van der Waals surface area contributed by atoms with Crippen LogP contribution in [0.4, 0.5) is 0 Å². The van der Waals surface area contributed by atoms with Crippen molar-refractivity contribution >= 4 is 11.9 Å². The van der Waals surface area contributed by atoms with E-state index in [4.69, 9.17) is 4.74 Å². The fraction of sp³-hybridized carbons (Fsp3) is 0.905. The number of hydrogen-bond donors (Lipinski definition) is 3. The summed E-state index contributed by atoms with van der Waals surface area (Å²) in [5, 5.41) is 23.1. The van der Waals surface area contributed by atoms with Crippen LogP contribution in [-0.2, 0) is 14.3 Å². The van der Waals surface area contributed by atoms with E-state index in [1.165, 1.54) is 270 Å². The van der Waals surface area contributed by atoms with Crippen molar-refractivity contribution in [2.75, 3.05) is 13.2 Å². The summed E-state index contributed by atoms with van der Waals surface area (Å²) in [6.07, 6.45) is 72.3. The van der Waals surface area contributed by atoms with Crippen LogP contribution in [0.5, 0.6) is 0 Å². The van der Waals surface area contributed by atoms with E-state index in [1.807, 2.05) is 6.08 Å². The second-order valence-electron chi connectivity index (χ2n) is 21.4. The summed E-state index contributed by atoms with van der Waals surface area (Å²) in [7, 11) is 0. The Balaban J connectivity index is 3.37. The number of esters is 1. The summed E-state index contributed by atoms with van der Waals surface area (Å²) < 4.78 is 5.46. The molecule has 0 saturated carbocycles. The van der Waals surface area contributed by atoms with Crippen molar-refractivity contribution in [2.45, 2.75) is 353 Å². The number of nitrogens with one attached hydrogen (secondary N) is 1. The first-order valence-corrected chi connectivity index (χ1v) is 31.1. The van der Waals surface area contributed by atoms with Gasteiger partial charge in [-0.1, -0.05) is 301 Å². The predicted octanol–water partition coefficient (Wildman–Crippen LogP) is 19.4. The van der Waals surface area contributed by atoms with Crippen molar-refractivity contribution in [2.24, 2.45) is 0 Å². The minimum Gasteiger partial charge on any atom is -0.466 e. The van der Waals surface area contributed by atoms with Gasteiger partial charge in [-0.25, -0.2) is 0 Å². The smallest absolute Gasteiger partial charge is 0.305 e. The van der Waals surface area contributed by atoms with Crippen LogP contribution >= 0.6 is 0 Å². The van der Waals surface area contributed by atoms with E-state index in [9.17, 15) is 19.8 Å². The Kier molecular flexibility index (Phi) is 57.5. The van der Waals surface area contributed by atoms with E-state index in [1.54, 1.807) is 6.08 Å². The lowest BCUT2D eigenvalue weighted by atomic mass is 10.0. The Bertz CT molecular complexity index is 1080. The van der Waals surface area contributed by atoms with Crippen LogP contribution in [0.1, 0.15) is 341 Å². The van der Waals surface area contributed by atoms with Crippen molar-refractivity contribution in [1.29, 1.82) is 0 Å². The third kappa shape index (κ3) is 55.5. The number of allylic oxidation sites excluding steroid dienone is 3. The van der Waals surface area contributed by atoms with Crippen LogP contribution in [0.2, 0.25) is 0 Å². The van der Waals surface area contributed by atoms with Gasteiger partial charge in [0.15, 0.2) is 0 Å². The van der Waals surface area contributed by atoms with E-state index >= 15 is 0 Å². The molecule has 0 aromatic rings. The van der Waals surface area contributed by atoms with Gasteiger partial charge in [0.1, 0.15) is 0 Å². The van der Waals surface area contributed by atoms with Crippen LogP contribution in [-0.4, -0.2) is 47.4 Å². The van der Waals surface area contributed by atoms with E-state index in [-0.39, 0.29) is 18.5 Å². The quantitative estimate of drug-likeness (QED) is 0.0321. The summed E-state index contributed by atoms with van der Waals surface area (Å²) in [6, 6.07) is -0.625. The molecule has 0 aliphatic heterocycles.